The van der Waals surface area contributed by atoms with Crippen molar-refractivity contribution >= 4 is 6.08 Å². The third-order valence-corrected chi connectivity index (χ3v) is 3.28. The number of nitrogens with zero attached hydrogens (tertiary/aromatic N) is 4. The summed E-state index contributed by atoms with van der Waals surface area (Å²) in [7, 11) is 0. The van der Waals surface area contributed by atoms with Gasteiger partial charge in [-0.1, -0.05) is 11.2 Å². The zero-order chi connectivity index (χ0) is 15.2. The molecule has 1 saturated heterocycles. The fraction of sp³-hybridized carbons (Fsp3) is 0.467. The first-order valence-electron chi connectivity index (χ1n) is 7.30. The quantitative estimate of drug-likeness (QED) is 0.835. The monoisotopic (exact) mass is 302 g/mol. The molecule has 1 fully saturated rings. The minimum atomic E-state index is 0.276. The average molecular weight is 302 g/mol. The second kappa shape index (κ2) is 7.24. The van der Waals surface area contributed by atoms with Crippen molar-refractivity contribution in [3.63, 3.8) is 0 Å². The Morgan fingerprint density at radius 3 is 2.77 bits per heavy atom. The van der Waals surface area contributed by atoms with Crippen LogP contribution in [0, 0.1) is 6.92 Å². The molecule has 0 aliphatic carbocycles. The van der Waals surface area contributed by atoms with Crippen LogP contribution in [0.1, 0.15) is 24.3 Å². The first kappa shape index (κ1) is 14.8. The zero-order valence-corrected chi connectivity index (χ0v) is 12.4. The van der Waals surface area contributed by atoms with Gasteiger partial charge in [-0.05, 0) is 25.3 Å². The summed E-state index contributed by atoms with van der Waals surface area (Å²) in [6.45, 7) is 3.99. The van der Waals surface area contributed by atoms with E-state index in [-0.39, 0.29) is 6.10 Å². The molecule has 0 saturated carbocycles. The highest BCUT2D eigenvalue weighted by molar-refractivity contribution is 5.46. The summed E-state index contributed by atoms with van der Waals surface area (Å²) in [6, 6.07) is 0. The molecule has 116 valence electrons. The maximum Gasteiger partial charge on any atom is 0.250 e. The summed E-state index contributed by atoms with van der Waals surface area (Å²) < 4.78 is 16.2. The van der Waals surface area contributed by atoms with Crippen molar-refractivity contribution in [2.75, 3.05) is 19.8 Å². The number of aryl methyl sites for hydroxylation is 1. The van der Waals surface area contributed by atoms with Crippen LogP contribution in [-0.2, 0) is 9.47 Å². The largest absolute Gasteiger partial charge is 0.381 e. The second-order valence-corrected chi connectivity index (χ2v) is 5.09. The smallest absolute Gasteiger partial charge is 0.250 e. The normalized spacial score (nSPS) is 16.4. The van der Waals surface area contributed by atoms with E-state index in [2.05, 4.69) is 20.1 Å². The summed E-state index contributed by atoms with van der Waals surface area (Å²) in [5.74, 6) is 1.24. The van der Waals surface area contributed by atoms with E-state index in [1.54, 1.807) is 18.5 Å². The standard InChI is InChI=1S/C15H18N4O3/c1-11-9-16-14(17-10-11)15-18-13(22-19-15)3-2-6-21-12-4-7-20-8-5-12/h2-3,9-10,12H,4-8H2,1H3/b3-2+. The molecule has 7 nitrogen and oxygen atoms in total. The number of aromatic nitrogens is 4. The van der Waals surface area contributed by atoms with Crippen LogP contribution in [-0.4, -0.2) is 46.0 Å². The zero-order valence-electron chi connectivity index (χ0n) is 12.4. The lowest BCUT2D eigenvalue weighted by molar-refractivity contribution is -0.0221. The van der Waals surface area contributed by atoms with Crippen molar-refractivity contribution in [1.82, 2.24) is 20.1 Å². The average Bonchev–Trinajstić information content (AvgIpc) is 3.02. The summed E-state index contributed by atoms with van der Waals surface area (Å²) in [5.41, 5.74) is 0.984. The van der Waals surface area contributed by atoms with Crippen LogP contribution in [0.3, 0.4) is 0 Å². The minimum Gasteiger partial charge on any atom is -0.381 e. The lowest BCUT2D eigenvalue weighted by atomic mass is 10.2. The molecule has 22 heavy (non-hydrogen) atoms. The van der Waals surface area contributed by atoms with Crippen molar-refractivity contribution < 1.29 is 14.0 Å². The van der Waals surface area contributed by atoms with E-state index in [1.165, 1.54) is 0 Å². The third kappa shape index (κ3) is 3.96. The van der Waals surface area contributed by atoms with Gasteiger partial charge < -0.3 is 14.0 Å². The fourth-order valence-corrected chi connectivity index (χ4v) is 2.08. The van der Waals surface area contributed by atoms with Crippen LogP contribution in [0.25, 0.3) is 17.7 Å². The highest BCUT2D eigenvalue weighted by atomic mass is 16.5. The number of rotatable bonds is 5. The van der Waals surface area contributed by atoms with Gasteiger partial charge in [0, 0.05) is 31.7 Å². The molecule has 0 atom stereocenters. The highest BCUT2D eigenvalue weighted by Gasteiger charge is 2.13. The number of hydrogen-bond acceptors (Lipinski definition) is 7. The first-order valence-corrected chi connectivity index (χ1v) is 7.30. The maximum atomic E-state index is 5.73. The summed E-state index contributed by atoms with van der Waals surface area (Å²) in [6.07, 6.45) is 9.21. The molecule has 7 heteroatoms. The summed E-state index contributed by atoms with van der Waals surface area (Å²) >= 11 is 0. The lowest BCUT2D eigenvalue weighted by Crippen LogP contribution is -2.23. The van der Waals surface area contributed by atoms with Crippen molar-refractivity contribution in [3.8, 4) is 11.6 Å². The molecule has 3 heterocycles. The Bertz CT molecular complexity index is 618. The maximum absolute atomic E-state index is 5.73. The van der Waals surface area contributed by atoms with Crippen molar-refractivity contribution in [1.29, 1.82) is 0 Å². The van der Waals surface area contributed by atoms with E-state index in [4.69, 9.17) is 14.0 Å². The number of ether oxygens (including phenoxy) is 2. The van der Waals surface area contributed by atoms with Gasteiger partial charge in [-0.2, -0.15) is 4.98 Å². The van der Waals surface area contributed by atoms with Crippen LogP contribution >= 0.6 is 0 Å². The van der Waals surface area contributed by atoms with Gasteiger partial charge in [0.15, 0.2) is 0 Å². The Balaban J connectivity index is 1.52. The van der Waals surface area contributed by atoms with E-state index in [9.17, 15) is 0 Å². The molecule has 0 bridgehead atoms. The van der Waals surface area contributed by atoms with Gasteiger partial charge >= 0.3 is 0 Å². The van der Waals surface area contributed by atoms with Crippen LogP contribution in [0.2, 0.25) is 0 Å². The van der Waals surface area contributed by atoms with E-state index in [0.29, 0.717) is 24.1 Å². The van der Waals surface area contributed by atoms with E-state index >= 15 is 0 Å². The van der Waals surface area contributed by atoms with Gasteiger partial charge in [-0.25, -0.2) is 9.97 Å². The molecule has 0 N–H and O–H groups in total. The third-order valence-electron chi connectivity index (χ3n) is 3.28. The Kier molecular flexibility index (Phi) is 4.87. The Hall–Kier alpha value is -2.12. The fourth-order valence-electron chi connectivity index (χ4n) is 2.08. The molecule has 0 radical (unpaired) electrons. The van der Waals surface area contributed by atoms with Crippen LogP contribution in [0.15, 0.2) is 23.0 Å². The SMILES string of the molecule is Cc1cnc(-c2noc(/C=C/COC3CCOCC3)n2)nc1. The van der Waals surface area contributed by atoms with Gasteiger partial charge in [-0.3, -0.25) is 0 Å². The summed E-state index contributed by atoms with van der Waals surface area (Å²) in [4.78, 5) is 12.6. The van der Waals surface area contributed by atoms with Gasteiger partial charge in [0.2, 0.25) is 11.6 Å². The van der Waals surface area contributed by atoms with Crippen molar-refractivity contribution in [2.24, 2.45) is 0 Å². The molecule has 0 spiro atoms. The molecular weight excluding hydrogens is 284 g/mol. The molecule has 0 aromatic carbocycles. The molecule has 2 aromatic rings. The summed E-state index contributed by atoms with van der Waals surface area (Å²) in [5, 5.41) is 3.86. The second-order valence-electron chi connectivity index (χ2n) is 5.09. The van der Waals surface area contributed by atoms with E-state index < -0.39 is 0 Å². The van der Waals surface area contributed by atoms with Crippen LogP contribution in [0.5, 0.6) is 0 Å². The number of hydrogen-bond donors (Lipinski definition) is 0. The Labute approximate surface area is 128 Å². The van der Waals surface area contributed by atoms with E-state index in [1.807, 2.05) is 13.0 Å². The van der Waals surface area contributed by atoms with Crippen molar-refractivity contribution in [2.45, 2.75) is 25.9 Å². The van der Waals surface area contributed by atoms with E-state index in [0.717, 1.165) is 31.6 Å². The van der Waals surface area contributed by atoms with Crippen LogP contribution < -0.4 is 0 Å². The molecule has 0 unspecified atom stereocenters. The van der Waals surface area contributed by atoms with Gasteiger partial charge in [0.05, 0.1) is 12.7 Å². The minimum absolute atomic E-state index is 0.276. The predicted molar refractivity (Wildman–Crippen MR) is 78.9 cm³/mol. The molecule has 0 amide bonds. The topological polar surface area (TPSA) is 83.2 Å². The molecule has 1 aliphatic rings. The molecule has 1 aliphatic heterocycles. The van der Waals surface area contributed by atoms with Gasteiger partial charge in [0.1, 0.15) is 0 Å². The van der Waals surface area contributed by atoms with Gasteiger partial charge in [-0.15, -0.1) is 0 Å². The Morgan fingerprint density at radius 2 is 2.00 bits per heavy atom. The molecule has 3 rings (SSSR count). The molecular formula is C15H18N4O3. The predicted octanol–water partition coefficient (Wildman–Crippen LogP) is 2.04. The van der Waals surface area contributed by atoms with Crippen LogP contribution in [0.4, 0.5) is 0 Å². The van der Waals surface area contributed by atoms with Gasteiger partial charge in [0.25, 0.3) is 5.89 Å². The van der Waals surface area contributed by atoms with Crippen molar-refractivity contribution in [3.05, 3.63) is 29.9 Å². The highest BCUT2D eigenvalue weighted by Crippen LogP contribution is 2.12. The lowest BCUT2D eigenvalue weighted by Gasteiger charge is -2.21. The molecule has 2 aromatic heterocycles. The first-order chi connectivity index (χ1) is 10.8. The Morgan fingerprint density at radius 1 is 1.23 bits per heavy atom.